The fraction of sp³-hybridized carbons (Fsp3) is 0.136. The molecule has 29 heavy (non-hydrogen) atoms. The number of aryl methyl sites for hydroxylation is 1. The second-order valence-electron chi connectivity index (χ2n) is 6.95. The number of carbonyl (C=O) groups excluding carboxylic acids is 1. The monoisotopic (exact) mass is 388 g/mol. The Morgan fingerprint density at radius 2 is 1.86 bits per heavy atom. The summed E-state index contributed by atoms with van der Waals surface area (Å²) in [6.07, 6.45) is 1.58. The Labute approximate surface area is 166 Å². The van der Waals surface area contributed by atoms with Crippen LogP contribution >= 0.6 is 0 Å². The van der Waals surface area contributed by atoms with E-state index < -0.39 is 5.63 Å². The molecule has 2 heterocycles. The highest BCUT2D eigenvalue weighted by atomic mass is 16.4. The third-order valence-electron chi connectivity index (χ3n) is 4.75. The van der Waals surface area contributed by atoms with Gasteiger partial charge in [0.25, 0.3) is 5.91 Å². The Balaban J connectivity index is 1.59. The number of aromatic nitrogens is 1. The van der Waals surface area contributed by atoms with E-state index in [-0.39, 0.29) is 5.91 Å². The summed E-state index contributed by atoms with van der Waals surface area (Å²) in [5.74, 6) is -0.362. The van der Waals surface area contributed by atoms with Gasteiger partial charge in [0.2, 0.25) is 5.71 Å². The van der Waals surface area contributed by atoms with Gasteiger partial charge in [0.05, 0.1) is 17.1 Å². The summed E-state index contributed by atoms with van der Waals surface area (Å²) < 4.78 is 7.12. The van der Waals surface area contributed by atoms with E-state index in [1.54, 1.807) is 30.5 Å². The minimum Gasteiger partial charge on any atom is -0.405 e. The molecule has 2 aromatic heterocycles. The van der Waals surface area contributed by atoms with Gasteiger partial charge in [-0.2, -0.15) is 5.10 Å². The molecular formula is C22H20N4O3. The van der Waals surface area contributed by atoms with Crippen molar-refractivity contribution in [1.29, 1.82) is 0 Å². The molecule has 0 radical (unpaired) electrons. The van der Waals surface area contributed by atoms with E-state index in [0.717, 1.165) is 16.9 Å². The first-order valence-corrected chi connectivity index (χ1v) is 9.10. The van der Waals surface area contributed by atoms with Crippen molar-refractivity contribution in [2.75, 3.05) is 19.0 Å². The number of rotatable bonds is 4. The maximum Gasteiger partial charge on any atom is 0.346 e. The number of anilines is 1. The van der Waals surface area contributed by atoms with Crippen LogP contribution in [0.4, 0.5) is 5.69 Å². The number of hydrazone groups is 1. The number of hydrogen-bond acceptors (Lipinski definition) is 5. The number of hydrogen-bond donors (Lipinski definition) is 1. The molecule has 0 aliphatic rings. The highest BCUT2D eigenvalue weighted by Crippen LogP contribution is 2.19. The van der Waals surface area contributed by atoms with Crippen molar-refractivity contribution in [3.8, 4) is 0 Å². The van der Waals surface area contributed by atoms with Crippen molar-refractivity contribution in [2.45, 2.75) is 6.92 Å². The van der Waals surface area contributed by atoms with E-state index in [1.807, 2.05) is 60.7 Å². The first-order chi connectivity index (χ1) is 13.9. The van der Waals surface area contributed by atoms with E-state index in [1.165, 1.54) is 0 Å². The third kappa shape index (κ3) is 3.50. The van der Waals surface area contributed by atoms with Crippen LogP contribution in [0.3, 0.4) is 0 Å². The van der Waals surface area contributed by atoms with Crippen LogP contribution in [0.25, 0.3) is 16.6 Å². The normalized spacial score (nSPS) is 11.4. The van der Waals surface area contributed by atoms with Crippen molar-refractivity contribution >= 4 is 34.4 Å². The van der Waals surface area contributed by atoms with Gasteiger partial charge in [-0.3, -0.25) is 9.20 Å². The summed E-state index contributed by atoms with van der Waals surface area (Å²) >= 11 is 0. The van der Waals surface area contributed by atoms with E-state index in [0.29, 0.717) is 22.2 Å². The molecule has 1 amide bonds. The molecule has 0 fully saturated rings. The number of benzene rings is 2. The Morgan fingerprint density at radius 3 is 2.59 bits per heavy atom. The quantitative estimate of drug-likeness (QED) is 0.430. The Morgan fingerprint density at radius 1 is 1.10 bits per heavy atom. The first-order valence-electron chi connectivity index (χ1n) is 9.10. The van der Waals surface area contributed by atoms with Crippen molar-refractivity contribution in [3.63, 3.8) is 0 Å². The van der Waals surface area contributed by atoms with E-state index in [2.05, 4.69) is 10.5 Å². The molecule has 2 aromatic carbocycles. The minimum absolute atomic E-state index is 0.362. The molecule has 0 spiro atoms. The number of carbonyl (C=O) groups is 1. The molecule has 0 saturated heterocycles. The molecule has 0 aliphatic heterocycles. The first kappa shape index (κ1) is 18.5. The molecule has 0 aliphatic carbocycles. The molecule has 0 bridgehead atoms. The highest BCUT2D eigenvalue weighted by molar-refractivity contribution is 5.98. The van der Waals surface area contributed by atoms with Crippen molar-refractivity contribution in [2.24, 2.45) is 5.10 Å². The minimum atomic E-state index is -0.434. The lowest BCUT2D eigenvalue weighted by atomic mass is 10.1. The summed E-state index contributed by atoms with van der Waals surface area (Å²) in [7, 11) is 3.94. The van der Waals surface area contributed by atoms with Gasteiger partial charge in [0.15, 0.2) is 0 Å². The summed E-state index contributed by atoms with van der Waals surface area (Å²) in [5, 5.41) is 4.45. The van der Waals surface area contributed by atoms with Gasteiger partial charge in [0, 0.05) is 37.1 Å². The molecule has 146 valence electrons. The van der Waals surface area contributed by atoms with Gasteiger partial charge < -0.3 is 9.32 Å². The van der Waals surface area contributed by atoms with Crippen LogP contribution in [0.15, 0.2) is 68.9 Å². The summed E-state index contributed by atoms with van der Waals surface area (Å²) in [5.41, 5.74) is 6.42. The molecule has 1 N–H and O–H groups in total. The molecular weight excluding hydrogens is 368 g/mol. The van der Waals surface area contributed by atoms with Crippen LogP contribution in [0, 0.1) is 6.92 Å². The second kappa shape index (κ2) is 7.27. The number of amides is 1. The lowest BCUT2D eigenvalue weighted by Gasteiger charge is -2.11. The number of nitrogens with zero attached hydrogens (tertiary/aromatic N) is 3. The van der Waals surface area contributed by atoms with Crippen molar-refractivity contribution in [3.05, 3.63) is 81.8 Å². The fourth-order valence-corrected chi connectivity index (χ4v) is 3.17. The van der Waals surface area contributed by atoms with Gasteiger partial charge in [-0.25, -0.2) is 10.2 Å². The molecule has 4 aromatic rings. The zero-order valence-electron chi connectivity index (χ0n) is 16.3. The average molecular weight is 388 g/mol. The number of nitrogens with one attached hydrogen (secondary N) is 1. The van der Waals surface area contributed by atoms with Crippen molar-refractivity contribution in [1.82, 2.24) is 9.83 Å². The molecule has 0 saturated carbocycles. The third-order valence-corrected chi connectivity index (χ3v) is 4.75. The van der Waals surface area contributed by atoms with Gasteiger partial charge in [-0.15, -0.1) is 0 Å². The molecule has 0 atom stereocenters. The smallest absolute Gasteiger partial charge is 0.346 e. The lowest BCUT2D eigenvalue weighted by Crippen LogP contribution is -2.18. The van der Waals surface area contributed by atoms with Crippen LogP contribution in [-0.2, 0) is 0 Å². The van der Waals surface area contributed by atoms with Gasteiger partial charge in [-0.05, 0) is 48.9 Å². The topological polar surface area (TPSA) is 79.3 Å². The number of fused-ring (bicyclic) bond motifs is 3. The average Bonchev–Trinajstić information content (AvgIpc) is 3.08. The zero-order valence-corrected chi connectivity index (χ0v) is 16.3. The summed E-state index contributed by atoms with van der Waals surface area (Å²) in [4.78, 5) is 26.7. The van der Waals surface area contributed by atoms with Gasteiger partial charge >= 0.3 is 5.63 Å². The molecule has 0 unspecified atom stereocenters. The molecule has 4 rings (SSSR count). The van der Waals surface area contributed by atoms with Crippen LogP contribution in [0.5, 0.6) is 0 Å². The Kier molecular flexibility index (Phi) is 4.64. The maximum absolute atomic E-state index is 12.5. The summed E-state index contributed by atoms with van der Waals surface area (Å²) in [6, 6.07) is 16.2. The maximum atomic E-state index is 12.5. The van der Waals surface area contributed by atoms with E-state index >= 15 is 0 Å². The van der Waals surface area contributed by atoms with Crippen LogP contribution in [0.1, 0.15) is 21.6 Å². The van der Waals surface area contributed by atoms with Crippen molar-refractivity contribution < 1.29 is 9.21 Å². The Bertz CT molecular complexity index is 1300. The zero-order chi connectivity index (χ0) is 20.5. The largest absolute Gasteiger partial charge is 0.405 e. The van der Waals surface area contributed by atoms with Crippen LogP contribution in [0.2, 0.25) is 0 Å². The summed E-state index contributed by atoms with van der Waals surface area (Å²) in [6.45, 7) is 1.91. The van der Waals surface area contributed by atoms with Crippen LogP contribution in [-0.4, -0.2) is 30.6 Å². The molecule has 7 heteroatoms. The van der Waals surface area contributed by atoms with E-state index in [4.69, 9.17) is 4.42 Å². The fourth-order valence-electron chi connectivity index (χ4n) is 3.17. The second-order valence-corrected chi connectivity index (χ2v) is 6.95. The lowest BCUT2D eigenvalue weighted by molar-refractivity contribution is 0.0955. The van der Waals surface area contributed by atoms with Crippen LogP contribution < -0.4 is 16.0 Å². The Hall–Kier alpha value is -3.87. The standard InChI is InChI=1S/C22H20N4O3/c1-14-4-11-20-26(14)19-12-16(7-10-18(19)22(28)29-20)21(27)24-23-13-15-5-8-17(9-6-15)25(2)3/h4-13H,1-3H3,(H,24,27)/b23-13+. The molecule has 7 nitrogen and oxygen atoms in total. The van der Waals surface area contributed by atoms with Gasteiger partial charge in [0.1, 0.15) is 0 Å². The van der Waals surface area contributed by atoms with E-state index in [9.17, 15) is 9.59 Å². The SMILES string of the molecule is Cc1ccc2oc(=O)c3ccc(C(=O)N/N=C/c4ccc(N(C)C)cc4)cc3n12. The van der Waals surface area contributed by atoms with Gasteiger partial charge in [-0.1, -0.05) is 12.1 Å². The highest BCUT2D eigenvalue weighted by Gasteiger charge is 2.12. The predicted octanol–water partition coefficient (Wildman–Crippen LogP) is 3.18. The predicted molar refractivity (Wildman–Crippen MR) is 114 cm³/mol.